The van der Waals surface area contributed by atoms with Crippen LogP contribution in [0.2, 0.25) is 0 Å². The quantitative estimate of drug-likeness (QED) is 0.295. The van der Waals surface area contributed by atoms with Gasteiger partial charge in [0.2, 0.25) is 5.95 Å². The fourth-order valence-corrected chi connectivity index (χ4v) is 6.23. The van der Waals surface area contributed by atoms with Crippen molar-refractivity contribution in [3.8, 4) is 5.75 Å². The molecule has 2 aromatic heterocycles. The van der Waals surface area contributed by atoms with E-state index in [0.717, 1.165) is 7.11 Å². The summed E-state index contributed by atoms with van der Waals surface area (Å²) in [5, 5.41) is 10.1. The van der Waals surface area contributed by atoms with Crippen LogP contribution in [-0.4, -0.2) is 56.3 Å². The molecule has 0 spiro atoms. The molecule has 0 bridgehead atoms. The van der Waals surface area contributed by atoms with Gasteiger partial charge in [-0.05, 0) is 44.2 Å². The van der Waals surface area contributed by atoms with Gasteiger partial charge in [-0.3, -0.25) is 19.1 Å². The number of hydrogen-bond donors (Lipinski definition) is 4. The molecule has 1 aromatic carbocycles. The van der Waals surface area contributed by atoms with Crippen LogP contribution < -0.4 is 20.9 Å². The van der Waals surface area contributed by atoms with E-state index in [-0.39, 0.29) is 35.9 Å². The second kappa shape index (κ2) is 12.0. The standard InChI is InChI=1S/C21H27N6O5PS.CH4O/c1-12-9-16(31-20(12)27-11-23-17-18(27)24-21(22)25-19(17)29)10-30-33(34,26-13(2)14(3)28)32-15-7-5-4-6-8-15;1-2/h4-8,11-13,16,20H,9-10H2,1-3H3,(H,26,34)(H3,22,24,25,29);2H,1H3. The van der Waals surface area contributed by atoms with Crippen LogP contribution in [-0.2, 0) is 25.9 Å². The number of ether oxygens (including phenoxy) is 1. The Hall–Kier alpha value is -2.67. The Morgan fingerprint density at radius 1 is 1.42 bits per heavy atom. The van der Waals surface area contributed by atoms with Crippen molar-refractivity contribution < 1.29 is 23.7 Å². The number of nitrogens with one attached hydrogen (secondary N) is 2. The third kappa shape index (κ3) is 6.55. The molecule has 0 aliphatic carbocycles. The van der Waals surface area contributed by atoms with Gasteiger partial charge in [-0.25, -0.2) is 10.1 Å². The lowest BCUT2D eigenvalue weighted by Crippen LogP contribution is -2.33. The van der Waals surface area contributed by atoms with Gasteiger partial charge < -0.3 is 24.6 Å². The molecular formula is C22H31N6O6PS. The van der Waals surface area contributed by atoms with E-state index in [1.165, 1.54) is 13.3 Å². The molecule has 1 fully saturated rings. The van der Waals surface area contributed by atoms with Gasteiger partial charge in [-0.2, -0.15) is 4.98 Å². The van der Waals surface area contributed by atoms with Crippen LogP contribution in [0.3, 0.4) is 0 Å². The number of aromatic nitrogens is 4. The topological polar surface area (TPSA) is 167 Å². The second-order valence-electron chi connectivity index (χ2n) is 8.30. The highest BCUT2D eigenvalue weighted by molar-refractivity contribution is 8.09. The number of fused-ring (bicyclic) bond motifs is 1. The normalized spacial score (nSPS) is 21.9. The lowest BCUT2D eigenvalue weighted by Gasteiger charge is -2.27. The summed E-state index contributed by atoms with van der Waals surface area (Å²) in [6.07, 6.45) is 1.49. The Balaban J connectivity index is 0.00000176. The van der Waals surface area contributed by atoms with Crippen molar-refractivity contribution in [2.45, 2.75) is 45.6 Å². The van der Waals surface area contributed by atoms with Crippen LogP contribution in [0.1, 0.15) is 33.4 Å². The fraction of sp³-hybridized carbons (Fsp3) is 0.455. The average molecular weight is 539 g/mol. The number of para-hydroxylation sites is 1. The molecule has 1 aliphatic heterocycles. The maximum absolute atomic E-state index is 12.1. The van der Waals surface area contributed by atoms with Crippen molar-refractivity contribution in [1.82, 2.24) is 24.6 Å². The summed E-state index contributed by atoms with van der Waals surface area (Å²) in [6.45, 7) is 2.32. The van der Waals surface area contributed by atoms with Crippen LogP contribution in [0.5, 0.6) is 5.75 Å². The third-order valence-electron chi connectivity index (χ3n) is 5.54. The van der Waals surface area contributed by atoms with Crippen LogP contribution >= 0.6 is 6.64 Å². The zero-order chi connectivity index (χ0) is 26.5. The molecule has 12 nitrogen and oxygen atoms in total. The minimum absolute atomic E-state index is 0.00852. The van der Waals surface area contributed by atoms with Crippen molar-refractivity contribution in [2.75, 3.05) is 19.5 Å². The summed E-state index contributed by atoms with van der Waals surface area (Å²) in [5.74, 6) is 0.556. The summed E-state index contributed by atoms with van der Waals surface area (Å²) in [5.41, 5.74) is 5.85. The number of aromatic amines is 1. The average Bonchev–Trinajstić information content (AvgIpc) is 3.42. The van der Waals surface area contributed by atoms with E-state index in [1.54, 1.807) is 23.6 Å². The molecule has 0 saturated carbocycles. The summed E-state index contributed by atoms with van der Waals surface area (Å²) in [6, 6.07) is 8.55. The minimum Gasteiger partial charge on any atom is -0.433 e. The number of ketones is 1. The van der Waals surface area contributed by atoms with E-state index in [0.29, 0.717) is 17.8 Å². The molecule has 36 heavy (non-hydrogen) atoms. The van der Waals surface area contributed by atoms with Crippen molar-refractivity contribution in [2.24, 2.45) is 5.92 Å². The lowest BCUT2D eigenvalue weighted by atomic mass is 10.1. The van der Waals surface area contributed by atoms with Gasteiger partial charge in [0.25, 0.3) is 5.56 Å². The number of H-pyrrole nitrogens is 1. The first-order chi connectivity index (χ1) is 17.1. The number of Topliss-reactive ketones (excluding diaryl/α,β-unsaturated/α-hetero) is 1. The monoisotopic (exact) mass is 538 g/mol. The summed E-state index contributed by atoms with van der Waals surface area (Å²) in [4.78, 5) is 34.8. The molecule has 196 valence electrons. The van der Waals surface area contributed by atoms with Gasteiger partial charge in [0, 0.05) is 13.0 Å². The maximum Gasteiger partial charge on any atom is 0.313 e. The van der Waals surface area contributed by atoms with Gasteiger partial charge in [0.05, 0.1) is 25.1 Å². The molecule has 3 heterocycles. The van der Waals surface area contributed by atoms with E-state index >= 15 is 0 Å². The number of carbonyl (C=O) groups is 1. The highest BCUT2D eigenvalue weighted by atomic mass is 32.5. The molecule has 0 radical (unpaired) electrons. The van der Waals surface area contributed by atoms with E-state index in [1.807, 2.05) is 25.1 Å². The Kier molecular flexibility index (Phi) is 9.34. The van der Waals surface area contributed by atoms with E-state index in [4.69, 9.17) is 36.4 Å². The van der Waals surface area contributed by atoms with Crippen molar-refractivity contribution in [3.05, 3.63) is 47.0 Å². The van der Waals surface area contributed by atoms with Crippen molar-refractivity contribution >= 4 is 41.3 Å². The number of nitrogen functional groups attached to an aromatic ring is 1. The number of imidazole rings is 1. The number of rotatable bonds is 9. The largest absolute Gasteiger partial charge is 0.433 e. The zero-order valence-corrected chi connectivity index (χ0v) is 22.2. The van der Waals surface area contributed by atoms with Gasteiger partial charge >= 0.3 is 6.64 Å². The van der Waals surface area contributed by atoms with Crippen LogP contribution in [0, 0.1) is 5.92 Å². The molecule has 5 unspecified atom stereocenters. The van der Waals surface area contributed by atoms with Crippen molar-refractivity contribution in [1.29, 1.82) is 0 Å². The van der Waals surface area contributed by atoms with Gasteiger partial charge in [-0.1, -0.05) is 25.1 Å². The van der Waals surface area contributed by atoms with Crippen LogP contribution in [0.4, 0.5) is 5.95 Å². The first-order valence-corrected chi connectivity index (χ1v) is 13.9. The number of nitrogens with zero attached hydrogens (tertiary/aromatic N) is 3. The summed E-state index contributed by atoms with van der Waals surface area (Å²) in [7, 11) is 1.00. The highest BCUT2D eigenvalue weighted by Crippen LogP contribution is 2.46. The van der Waals surface area contributed by atoms with Gasteiger partial charge in [-0.15, -0.1) is 0 Å². The third-order valence-corrected chi connectivity index (χ3v) is 8.04. The molecule has 3 aromatic rings. The first-order valence-electron chi connectivity index (χ1n) is 11.2. The van der Waals surface area contributed by atoms with Crippen LogP contribution in [0.15, 0.2) is 41.5 Å². The van der Waals surface area contributed by atoms with E-state index < -0.39 is 24.5 Å². The molecule has 1 saturated heterocycles. The highest BCUT2D eigenvalue weighted by Gasteiger charge is 2.36. The molecule has 14 heteroatoms. The van der Waals surface area contributed by atoms with Crippen molar-refractivity contribution in [3.63, 3.8) is 0 Å². The first kappa shape index (κ1) is 27.9. The predicted molar refractivity (Wildman–Crippen MR) is 139 cm³/mol. The number of aliphatic hydroxyl groups excluding tert-OH is 1. The maximum atomic E-state index is 12.1. The van der Waals surface area contributed by atoms with Crippen LogP contribution in [0.25, 0.3) is 11.2 Å². The molecule has 1 aliphatic rings. The Labute approximate surface area is 213 Å². The van der Waals surface area contributed by atoms with E-state index in [9.17, 15) is 9.59 Å². The van der Waals surface area contributed by atoms with Gasteiger partial charge in [0.15, 0.2) is 11.2 Å². The lowest BCUT2D eigenvalue weighted by molar-refractivity contribution is -0.118. The number of aliphatic hydroxyl groups is 1. The number of carbonyl (C=O) groups excluding carboxylic acids is 1. The van der Waals surface area contributed by atoms with E-state index in [2.05, 4.69) is 20.0 Å². The minimum atomic E-state index is -3.07. The fourth-order valence-electron chi connectivity index (χ4n) is 3.71. The number of benzene rings is 1. The summed E-state index contributed by atoms with van der Waals surface area (Å²) < 4.78 is 20.0. The molecular weight excluding hydrogens is 507 g/mol. The smallest absolute Gasteiger partial charge is 0.313 e. The number of nitrogens with two attached hydrogens (primary N) is 1. The summed E-state index contributed by atoms with van der Waals surface area (Å²) >= 11 is 5.71. The zero-order valence-electron chi connectivity index (χ0n) is 20.5. The Bertz CT molecular complexity index is 1290. The SMILES string of the molecule is CC(=O)C(C)NP(=S)(OCC1CC(C)C(n2cnc3c(=O)[nH]c(N)nc32)O1)Oc1ccccc1.CO. The molecule has 0 amide bonds. The Morgan fingerprint density at radius 2 is 2.11 bits per heavy atom. The number of anilines is 1. The second-order valence-corrected chi connectivity index (χ2v) is 11.4. The number of hydrogen-bond acceptors (Lipinski definition) is 10. The van der Waals surface area contributed by atoms with Gasteiger partial charge in [0.1, 0.15) is 17.8 Å². The Morgan fingerprint density at radius 3 is 2.78 bits per heavy atom. The predicted octanol–water partition coefficient (Wildman–Crippen LogP) is 2.12. The molecule has 5 N–H and O–H groups in total. The molecule has 5 atom stereocenters. The molecule has 4 rings (SSSR count).